The maximum absolute atomic E-state index is 15.1. The molecule has 3 aromatic heterocycles. The Morgan fingerprint density at radius 1 is 1.23 bits per heavy atom. The van der Waals surface area contributed by atoms with Crippen LogP contribution >= 0.6 is 0 Å². The second-order valence-electron chi connectivity index (χ2n) is 10.3. The van der Waals surface area contributed by atoms with E-state index >= 15 is 4.39 Å². The Morgan fingerprint density at radius 3 is 2.56 bits per heavy atom. The maximum Gasteiger partial charge on any atom is 0.407 e. The van der Waals surface area contributed by atoms with Gasteiger partial charge in [-0.1, -0.05) is 5.21 Å². The molecule has 1 fully saturated rings. The molecule has 39 heavy (non-hydrogen) atoms. The van der Waals surface area contributed by atoms with Crippen molar-refractivity contribution in [2.75, 3.05) is 17.7 Å². The molecular weight excluding hydrogens is 509 g/mol. The second-order valence-corrected chi connectivity index (χ2v) is 10.3. The first-order valence-corrected chi connectivity index (χ1v) is 12.4. The number of hydrogen-bond donors (Lipinski definition) is 4. The summed E-state index contributed by atoms with van der Waals surface area (Å²) in [7, 11) is 1.47. The molecule has 1 aliphatic rings. The number of ether oxygens (including phenoxy) is 2. The lowest BCUT2D eigenvalue weighted by molar-refractivity contribution is 0.0861. The number of amides is 2. The highest BCUT2D eigenvalue weighted by molar-refractivity contribution is 5.98. The van der Waals surface area contributed by atoms with Crippen LogP contribution in [0.25, 0.3) is 5.69 Å². The molecule has 3 aromatic rings. The highest BCUT2D eigenvalue weighted by Crippen LogP contribution is 2.37. The summed E-state index contributed by atoms with van der Waals surface area (Å²) in [5.41, 5.74) is 5.77. The molecule has 0 unspecified atom stereocenters. The van der Waals surface area contributed by atoms with Crippen molar-refractivity contribution in [3.8, 4) is 11.6 Å². The molecule has 0 aliphatic heterocycles. The van der Waals surface area contributed by atoms with E-state index in [0.717, 1.165) is 18.9 Å². The van der Waals surface area contributed by atoms with Crippen molar-refractivity contribution in [2.24, 2.45) is 11.7 Å². The Labute approximate surface area is 224 Å². The highest BCUT2D eigenvalue weighted by atomic mass is 19.1. The van der Waals surface area contributed by atoms with Crippen LogP contribution in [0.2, 0.25) is 0 Å². The molecule has 2 atom stereocenters. The number of halogens is 1. The topological polar surface area (TPSA) is 171 Å². The Kier molecular flexibility index (Phi) is 7.83. The number of nitrogens with two attached hydrogens (primary N) is 1. The van der Waals surface area contributed by atoms with Gasteiger partial charge in [0.25, 0.3) is 5.91 Å². The molecular formula is C25H32FN9O4. The number of nitrogens with one attached hydrogen (secondary N) is 3. The molecule has 0 spiro atoms. The highest BCUT2D eigenvalue weighted by Gasteiger charge is 2.38. The van der Waals surface area contributed by atoms with E-state index in [9.17, 15) is 9.59 Å². The number of primary amides is 1. The zero-order chi connectivity index (χ0) is 28.3. The van der Waals surface area contributed by atoms with Crippen LogP contribution in [-0.4, -0.2) is 61.8 Å². The molecule has 208 valence electrons. The third-order valence-electron chi connectivity index (χ3n) is 5.91. The van der Waals surface area contributed by atoms with Crippen LogP contribution in [0.4, 0.5) is 26.5 Å². The summed E-state index contributed by atoms with van der Waals surface area (Å²) in [5, 5.41) is 16.6. The second kappa shape index (κ2) is 11.1. The zero-order valence-corrected chi connectivity index (χ0v) is 22.4. The first-order valence-electron chi connectivity index (χ1n) is 12.4. The van der Waals surface area contributed by atoms with Gasteiger partial charge in [0.05, 0.1) is 43.0 Å². The Balaban J connectivity index is 1.61. The Morgan fingerprint density at radius 2 is 1.97 bits per heavy atom. The molecule has 0 aromatic carbocycles. The van der Waals surface area contributed by atoms with Crippen LogP contribution in [0.15, 0.2) is 30.7 Å². The van der Waals surface area contributed by atoms with Gasteiger partial charge in [-0.3, -0.25) is 4.79 Å². The lowest BCUT2D eigenvalue weighted by atomic mass is 10.1. The first-order chi connectivity index (χ1) is 18.4. The maximum atomic E-state index is 15.1. The van der Waals surface area contributed by atoms with E-state index < -0.39 is 35.5 Å². The van der Waals surface area contributed by atoms with Gasteiger partial charge in [-0.25, -0.2) is 23.8 Å². The summed E-state index contributed by atoms with van der Waals surface area (Å²) < 4.78 is 27.5. The molecule has 3 heterocycles. The van der Waals surface area contributed by atoms with Crippen LogP contribution < -0.4 is 26.4 Å². The molecule has 2 amide bonds. The fourth-order valence-corrected chi connectivity index (χ4v) is 3.99. The minimum atomic E-state index is -0.872. The summed E-state index contributed by atoms with van der Waals surface area (Å²) >= 11 is 0. The lowest BCUT2D eigenvalue weighted by Crippen LogP contribution is -2.45. The van der Waals surface area contributed by atoms with E-state index in [1.165, 1.54) is 24.2 Å². The van der Waals surface area contributed by atoms with Gasteiger partial charge in [-0.05, 0) is 58.6 Å². The molecule has 0 bridgehead atoms. The van der Waals surface area contributed by atoms with Gasteiger partial charge < -0.3 is 31.2 Å². The van der Waals surface area contributed by atoms with Crippen LogP contribution in [0, 0.1) is 11.7 Å². The molecule has 0 radical (unpaired) electrons. The summed E-state index contributed by atoms with van der Waals surface area (Å²) in [6.07, 6.45) is 5.18. The summed E-state index contributed by atoms with van der Waals surface area (Å²) in [4.78, 5) is 33.1. The van der Waals surface area contributed by atoms with Gasteiger partial charge in [-0.15, -0.1) is 5.10 Å². The van der Waals surface area contributed by atoms with E-state index in [1.807, 2.05) is 20.8 Å². The van der Waals surface area contributed by atoms with E-state index in [2.05, 4.69) is 36.2 Å². The molecule has 4 rings (SSSR count). The Bertz CT molecular complexity index is 1340. The number of pyridine rings is 2. The third-order valence-corrected chi connectivity index (χ3v) is 5.91. The van der Waals surface area contributed by atoms with Gasteiger partial charge in [0.15, 0.2) is 11.6 Å². The van der Waals surface area contributed by atoms with Crippen molar-refractivity contribution in [3.05, 3.63) is 42.1 Å². The predicted octanol–water partition coefficient (Wildman–Crippen LogP) is 3.15. The fraction of sp³-hybridized carbons (Fsp3) is 0.440. The fourth-order valence-electron chi connectivity index (χ4n) is 3.99. The summed E-state index contributed by atoms with van der Waals surface area (Å²) in [5.74, 6) is -1.31. The van der Waals surface area contributed by atoms with Crippen molar-refractivity contribution in [1.82, 2.24) is 30.3 Å². The van der Waals surface area contributed by atoms with E-state index in [4.69, 9.17) is 15.2 Å². The largest absolute Gasteiger partial charge is 0.479 e. The van der Waals surface area contributed by atoms with Crippen LogP contribution in [0.1, 0.15) is 50.9 Å². The lowest BCUT2D eigenvalue weighted by Gasteiger charge is -2.28. The number of rotatable bonds is 10. The standard InChI is InChI=1S/C25H32FN9O4/c1-13(39-24(37)33-25(2,3)4)19(14-6-7-14)31-22-17(26)11-16(20(27)36)21(32-22)30-15-10-18(23(38-5)28-12-15)35-9-8-29-34-35/h8-14,19H,6-7H2,1-5H3,(H2,27,36)(H,33,37)(H2,30,31,32)/t13-,19-/m0/s1. The van der Waals surface area contributed by atoms with Crippen molar-refractivity contribution in [2.45, 2.75) is 58.2 Å². The van der Waals surface area contributed by atoms with E-state index in [-0.39, 0.29) is 29.0 Å². The van der Waals surface area contributed by atoms with Crippen molar-refractivity contribution in [3.63, 3.8) is 0 Å². The van der Waals surface area contributed by atoms with Gasteiger partial charge in [0.2, 0.25) is 5.88 Å². The average Bonchev–Trinajstić information content (AvgIpc) is 3.54. The number of nitrogens with zero attached hydrogens (tertiary/aromatic N) is 5. The monoisotopic (exact) mass is 541 g/mol. The van der Waals surface area contributed by atoms with Crippen molar-refractivity contribution >= 4 is 29.3 Å². The van der Waals surface area contributed by atoms with Crippen molar-refractivity contribution in [1.29, 1.82) is 0 Å². The number of aromatic nitrogens is 5. The molecule has 1 aliphatic carbocycles. The zero-order valence-electron chi connectivity index (χ0n) is 22.4. The third kappa shape index (κ3) is 6.89. The normalized spacial score (nSPS) is 14.7. The van der Waals surface area contributed by atoms with E-state index in [1.54, 1.807) is 19.2 Å². The van der Waals surface area contributed by atoms with Gasteiger partial charge in [0.1, 0.15) is 17.6 Å². The minimum Gasteiger partial charge on any atom is -0.479 e. The molecule has 1 saturated carbocycles. The van der Waals surface area contributed by atoms with E-state index in [0.29, 0.717) is 11.4 Å². The van der Waals surface area contributed by atoms with Gasteiger partial charge >= 0.3 is 6.09 Å². The van der Waals surface area contributed by atoms with Crippen LogP contribution in [0.5, 0.6) is 5.88 Å². The minimum absolute atomic E-state index is 0.0106. The van der Waals surface area contributed by atoms with Crippen molar-refractivity contribution < 1.29 is 23.5 Å². The Hall–Kier alpha value is -4.49. The quantitative estimate of drug-likeness (QED) is 0.299. The summed E-state index contributed by atoms with van der Waals surface area (Å²) in [6, 6.07) is 2.25. The molecule has 14 heteroatoms. The number of carbonyl (C=O) groups is 2. The number of anilines is 3. The predicted molar refractivity (Wildman–Crippen MR) is 141 cm³/mol. The molecule has 5 N–H and O–H groups in total. The SMILES string of the molecule is COc1ncc(Nc2nc(N[C@H](C3CC3)[C@H](C)OC(=O)NC(C)(C)C)c(F)cc2C(N)=O)cc1-n1ccnn1. The number of carbonyl (C=O) groups excluding carboxylic acids is 2. The molecule has 0 saturated heterocycles. The van der Waals surface area contributed by atoms with Gasteiger partial charge in [-0.2, -0.15) is 0 Å². The smallest absolute Gasteiger partial charge is 0.407 e. The summed E-state index contributed by atoms with van der Waals surface area (Å²) in [6.45, 7) is 7.27. The molecule has 13 nitrogen and oxygen atoms in total. The van der Waals surface area contributed by atoms with Crippen LogP contribution in [0.3, 0.4) is 0 Å². The number of methoxy groups -OCH3 is 1. The van der Waals surface area contributed by atoms with Crippen LogP contribution in [-0.2, 0) is 4.74 Å². The van der Waals surface area contributed by atoms with Gasteiger partial charge in [0, 0.05) is 5.54 Å². The number of hydrogen-bond acceptors (Lipinski definition) is 10. The average molecular weight is 542 g/mol. The number of alkyl carbamates (subject to hydrolysis) is 1. The first kappa shape index (κ1) is 27.5.